The first-order valence-corrected chi connectivity index (χ1v) is 8.40. The molecule has 6 heteroatoms. The van der Waals surface area contributed by atoms with Gasteiger partial charge in [0, 0.05) is 26.3 Å². The van der Waals surface area contributed by atoms with Crippen molar-refractivity contribution in [2.24, 2.45) is 0 Å². The summed E-state index contributed by atoms with van der Waals surface area (Å²) in [5, 5.41) is 2.60. The fourth-order valence-corrected chi connectivity index (χ4v) is 3.10. The van der Waals surface area contributed by atoms with Crippen molar-refractivity contribution in [1.82, 2.24) is 15.3 Å². The molecule has 25 heavy (non-hydrogen) atoms. The van der Waals surface area contributed by atoms with Crippen LogP contribution in [0, 0.1) is 6.92 Å². The van der Waals surface area contributed by atoms with Crippen LogP contribution in [0.3, 0.4) is 0 Å². The van der Waals surface area contributed by atoms with E-state index in [9.17, 15) is 4.79 Å². The van der Waals surface area contributed by atoms with Crippen LogP contribution in [0.15, 0.2) is 42.1 Å². The number of nitrogens with one attached hydrogen (secondary N) is 1. The van der Waals surface area contributed by atoms with Gasteiger partial charge in [-0.05, 0) is 49.6 Å². The highest BCUT2D eigenvalue weighted by atomic mass is 16.1. The fourth-order valence-electron chi connectivity index (χ4n) is 3.10. The normalized spacial score (nSPS) is 14.2. The lowest BCUT2D eigenvalue weighted by Crippen LogP contribution is -2.30. The number of aryl methyl sites for hydroxylation is 1. The van der Waals surface area contributed by atoms with Gasteiger partial charge in [0.25, 0.3) is 5.91 Å². The molecule has 2 aromatic heterocycles. The summed E-state index contributed by atoms with van der Waals surface area (Å²) in [6, 6.07) is 7.70. The molecule has 0 fully saturated rings. The Morgan fingerprint density at radius 2 is 2.20 bits per heavy atom. The van der Waals surface area contributed by atoms with Crippen molar-refractivity contribution in [2.75, 3.05) is 30.8 Å². The molecule has 1 aliphatic rings. The van der Waals surface area contributed by atoms with Gasteiger partial charge in [0.15, 0.2) is 0 Å². The number of carbonyl (C=O) groups is 1. The standard InChI is InChI=1S/C19H23N5O/c1-13-17(4-3-16(23-13)19(25)21-2)24-9-6-14(7-10-24)11-15-5-8-22-18(20)12-15/h3-6,8,12H,7,9-11H2,1-2H3,(H2,20,22)(H,21,25). The van der Waals surface area contributed by atoms with Gasteiger partial charge in [-0.2, -0.15) is 0 Å². The molecule has 130 valence electrons. The van der Waals surface area contributed by atoms with Gasteiger partial charge in [-0.25, -0.2) is 9.97 Å². The molecule has 0 unspecified atom stereocenters. The lowest BCUT2D eigenvalue weighted by Gasteiger charge is -2.29. The predicted octanol–water partition coefficient (Wildman–Crippen LogP) is 2.11. The highest BCUT2D eigenvalue weighted by Gasteiger charge is 2.16. The summed E-state index contributed by atoms with van der Waals surface area (Å²) in [7, 11) is 1.61. The molecule has 0 radical (unpaired) electrons. The number of amides is 1. The zero-order valence-corrected chi connectivity index (χ0v) is 14.6. The number of hydrogen-bond donors (Lipinski definition) is 2. The van der Waals surface area contributed by atoms with Crippen molar-refractivity contribution in [3.63, 3.8) is 0 Å². The number of carbonyl (C=O) groups excluding carboxylic acids is 1. The summed E-state index contributed by atoms with van der Waals surface area (Å²) in [6.07, 6.45) is 5.93. The topological polar surface area (TPSA) is 84.1 Å². The second kappa shape index (κ2) is 7.34. The number of aromatic nitrogens is 2. The zero-order valence-electron chi connectivity index (χ0n) is 14.6. The summed E-state index contributed by atoms with van der Waals surface area (Å²) >= 11 is 0. The highest BCUT2D eigenvalue weighted by molar-refractivity contribution is 5.92. The van der Waals surface area contributed by atoms with Gasteiger partial charge < -0.3 is 16.0 Å². The van der Waals surface area contributed by atoms with E-state index in [2.05, 4.69) is 26.3 Å². The van der Waals surface area contributed by atoms with Crippen molar-refractivity contribution in [2.45, 2.75) is 19.8 Å². The Bertz CT molecular complexity index is 815. The SMILES string of the molecule is CNC(=O)c1ccc(N2CC=C(Cc3ccnc(N)c3)CC2)c(C)n1. The number of anilines is 2. The Hall–Kier alpha value is -2.89. The third-order valence-electron chi connectivity index (χ3n) is 4.44. The van der Waals surface area contributed by atoms with Gasteiger partial charge in [-0.1, -0.05) is 11.6 Å². The van der Waals surface area contributed by atoms with Crippen LogP contribution in [0.2, 0.25) is 0 Å². The van der Waals surface area contributed by atoms with E-state index in [-0.39, 0.29) is 5.91 Å². The van der Waals surface area contributed by atoms with Gasteiger partial charge >= 0.3 is 0 Å². The molecule has 0 atom stereocenters. The average molecular weight is 337 g/mol. The average Bonchev–Trinajstić information content (AvgIpc) is 2.62. The summed E-state index contributed by atoms with van der Waals surface area (Å²) < 4.78 is 0. The zero-order chi connectivity index (χ0) is 17.8. The first-order chi connectivity index (χ1) is 12.1. The Morgan fingerprint density at radius 3 is 2.84 bits per heavy atom. The van der Waals surface area contributed by atoms with Crippen molar-refractivity contribution in [3.8, 4) is 0 Å². The molecule has 1 amide bonds. The van der Waals surface area contributed by atoms with E-state index < -0.39 is 0 Å². The molecular weight excluding hydrogens is 314 g/mol. The number of hydrogen-bond acceptors (Lipinski definition) is 5. The maximum atomic E-state index is 11.7. The largest absolute Gasteiger partial charge is 0.384 e. The Morgan fingerprint density at radius 1 is 1.36 bits per heavy atom. The Kier molecular flexibility index (Phi) is 4.97. The van der Waals surface area contributed by atoms with Crippen molar-refractivity contribution >= 4 is 17.4 Å². The smallest absolute Gasteiger partial charge is 0.269 e. The van der Waals surface area contributed by atoms with E-state index >= 15 is 0 Å². The maximum Gasteiger partial charge on any atom is 0.269 e. The molecule has 0 saturated heterocycles. The molecule has 0 aromatic carbocycles. The molecule has 0 bridgehead atoms. The number of rotatable bonds is 4. The van der Waals surface area contributed by atoms with E-state index in [1.165, 1.54) is 11.1 Å². The lowest BCUT2D eigenvalue weighted by atomic mass is 9.99. The minimum atomic E-state index is -0.160. The van der Waals surface area contributed by atoms with Gasteiger partial charge in [0.05, 0.1) is 11.4 Å². The lowest BCUT2D eigenvalue weighted by molar-refractivity contribution is 0.0958. The van der Waals surface area contributed by atoms with E-state index in [1.54, 1.807) is 19.3 Å². The summed E-state index contributed by atoms with van der Waals surface area (Å²) in [5.41, 5.74) is 10.8. The van der Waals surface area contributed by atoms with Crippen LogP contribution in [0.1, 0.15) is 28.2 Å². The maximum absolute atomic E-state index is 11.7. The quantitative estimate of drug-likeness (QED) is 0.835. The van der Waals surface area contributed by atoms with Crippen molar-refractivity contribution in [3.05, 3.63) is 59.1 Å². The molecule has 3 N–H and O–H groups in total. The first-order valence-electron chi connectivity index (χ1n) is 8.40. The summed E-state index contributed by atoms with van der Waals surface area (Å²) in [4.78, 5) is 22.4. The number of pyridine rings is 2. The van der Waals surface area contributed by atoms with E-state index in [4.69, 9.17) is 5.73 Å². The van der Waals surface area contributed by atoms with Crippen LogP contribution in [-0.2, 0) is 6.42 Å². The monoisotopic (exact) mass is 337 g/mol. The number of nitrogens with two attached hydrogens (primary N) is 1. The fraction of sp³-hybridized carbons (Fsp3) is 0.316. The number of nitrogen functional groups attached to an aromatic ring is 1. The molecule has 3 heterocycles. The molecule has 1 aliphatic heterocycles. The van der Waals surface area contributed by atoms with Crippen LogP contribution in [0.4, 0.5) is 11.5 Å². The molecular formula is C19H23N5O. The van der Waals surface area contributed by atoms with Crippen molar-refractivity contribution < 1.29 is 4.79 Å². The van der Waals surface area contributed by atoms with Gasteiger partial charge in [0.2, 0.25) is 0 Å². The molecule has 6 nitrogen and oxygen atoms in total. The summed E-state index contributed by atoms with van der Waals surface area (Å²) in [6.45, 7) is 3.73. The minimum Gasteiger partial charge on any atom is -0.384 e. The van der Waals surface area contributed by atoms with Gasteiger partial charge in [0.1, 0.15) is 11.5 Å². The minimum absolute atomic E-state index is 0.160. The Labute approximate surface area is 147 Å². The molecule has 0 saturated carbocycles. The van der Waals surface area contributed by atoms with Gasteiger partial charge in [-0.15, -0.1) is 0 Å². The highest BCUT2D eigenvalue weighted by Crippen LogP contribution is 2.24. The molecule has 0 spiro atoms. The van der Waals surface area contributed by atoms with E-state index in [0.717, 1.165) is 37.3 Å². The Balaban J connectivity index is 1.69. The van der Waals surface area contributed by atoms with Crippen LogP contribution in [0.25, 0.3) is 0 Å². The van der Waals surface area contributed by atoms with Crippen LogP contribution in [0.5, 0.6) is 0 Å². The third-order valence-corrected chi connectivity index (χ3v) is 4.44. The van der Waals surface area contributed by atoms with Crippen LogP contribution in [-0.4, -0.2) is 36.0 Å². The van der Waals surface area contributed by atoms with E-state index in [1.807, 2.05) is 25.1 Å². The molecule has 0 aliphatic carbocycles. The molecule has 3 rings (SSSR count). The third kappa shape index (κ3) is 3.96. The van der Waals surface area contributed by atoms with Crippen molar-refractivity contribution in [1.29, 1.82) is 0 Å². The van der Waals surface area contributed by atoms with E-state index in [0.29, 0.717) is 11.5 Å². The second-order valence-corrected chi connectivity index (χ2v) is 6.20. The predicted molar refractivity (Wildman–Crippen MR) is 99.6 cm³/mol. The summed E-state index contributed by atoms with van der Waals surface area (Å²) in [5.74, 6) is 0.403. The van der Waals surface area contributed by atoms with Gasteiger partial charge in [-0.3, -0.25) is 4.79 Å². The first kappa shape index (κ1) is 17.0. The molecule has 2 aromatic rings. The van der Waals surface area contributed by atoms with Crippen LogP contribution < -0.4 is 16.0 Å². The second-order valence-electron chi connectivity index (χ2n) is 6.20. The number of nitrogens with zero attached hydrogens (tertiary/aromatic N) is 3. The van der Waals surface area contributed by atoms with Crippen LogP contribution >= 0.6 is 0 Å².